The van der Waals surface area contributed by atoms with Crippen LogP contribution in [0.1, 0.15) is 45.9 Å². The number of anilines is 1. The van der Waals surface area contributed by atoms with Crippen LogP contribution in [-0.2, 0) is 4.79 Å². The predicted octanol–water partition coefficient (Wildman–Crippen LogP) is 5.69. The summed E-state index contributed by atoms with van der Waals surface area (Å²) in [6.07, 6.45) is 2.24. The molecule has 5 rings (SSSR count). The number of nitriles is 1. The molecule has 1 fully saturated rings. The SMILES string of the molecule is C=CC(=O)N1[C@H](C)CN(c2c(C#N)c(=O)n(C3=C(C)C=CNC3C(C)C)c3nc(C4=C(Cl)C(N)C(F)C(F)=C4F)c(Cl)cc23)C[C@@H]1C. The lowest BCUT2D eigenvalue weighted by molar-refractivity contribution is -0.130. The van der Waals surface area contributed by atoms with Crippen LogP contribution in [0.5, 0.6) is 0 Å². The van der Waals surface area contributed by atoms with Gasteiger partial charge in [-0.3, -0.25) is 14.2 Å². The van der Waals surface area contributed by atoms with Crippen molar-refractivity contribution in [1.29, 1.82) is 5.26 Å². The Labute approximate surface area is 280 Å². The van der Waals surface area contributed by atoms with Gasteiger partial charge in [0.25, 0.3) is 5.56 Å². The largest absolute Gasteiger partial charge is 0.382 e. The van der Waals surface area contributed by atoms with E-state index in [-0.39, 0.29) is 70.0 Å². The Morgan fingerprint density at radius 1 is 1.26 bits per heavy atom. The van der Waals surface area contributed by atoms with Crippen LogP contribution in [0.2, 0.25) is 5.02 Å². The van der Waals surface area contributed by atoms with Crippen molar-refractivity contribution in [2.45, 2.75) is 65.0 Å². The van der Waals surface area contributed by atoms with Gasteiger partial charge in [-0.05, 0) is 56.7 Å². The van der Waals surface area contributed by atoms with Crippen molar-refractivity contribution in [3.05, 3.63) is 79.9 Å². The molecule has 0 bridgehead atoms. The molecule has 3 aliphatic rings. The molecule has 4 heterocycles. The molecule has 1 saturated heterocycles. The second-order valence-electron chi connectivity index (χ2n) is 12.3. The number of hydrogen-bond donors (Lipinski definition) is 2. The maximum Gasteiger partial charge on any atom is 0.276 e. The van der Waals surface area contributed by atoms with Crippen LogP contribution < -0.4 is 21.5 Å². The molecule has 2 aliphatic heterocycles. The highest BCUT2D eigenvalue weighted by Crippen LogP contribution is 2.44. The van der Waals surface area contributed by atoms with Crippen LogP contribution in [0.3, 0.4) is 0 Å². The van der Waals surface area contributed by atoms with Crippen LogP contribution in [-0.4, -0.2) is 63.8 Å². The van der Waals surface area contributed by atoms with Gasteiger partial charge in [0.15, 0.2) is 17.8 Å². The maximum atomic E-state index is 15.4. The van der Waals surface area contributed by atoms with Gasteiger partial charge < -0.3 is 20.9 Å². The van der Waals surface area contributed by atoms with Crippen molar-refractivity contribution < 1.29 is 18.0 Å². The van der Waals surface area contributed by atoms with E-state index in [4.69, 9.17) is 28.9 Å². The lowest BCUT2D eigenvalue weighted by Gasteiger charge is -2.45. The van der Waals surface area contributed by atoms with Gasteiger partial charge in [0.1, 0.15) is 17.3 Å². The molecule has 9 nitrogen and oxygen atoms in total. The van der Waals surface area contributed by atoms with Gasteiger partial charge >= 0.3 is 0 Å². The fraction of sp³-hybridized carbons (Fsp3) is 0.394. The second kappa shape index (κ2) is 12.9. The number of nitrogens with one attached hydrogen (secondary N) is 1. The van der Waals surface area contributed by atoms with E-state index in [0.717, 1.165) is 0 Å². The number of aromatic nitrogens is 2. The minimum Gasteiger partial charge on any atom is -0.382 e. The summed E-state index contributed by atoms with van der Waals surface area (Å²) >= 11 is 13.1. The summed E-state index contributed by atoms with van der Waals surface area (Å²) in [5, 5.41) is 13.3. The zero-order valence-corrected chi connectivity index (χ0v) is 27.9. The first-order valence-corrected chi connectivity index (χ1v) is 15.8. The fourth-order valence-corrected chi connectivity index (χ4v) is 7.20. The van der Waals surface area contributed by atoms with E-state index in [0.29, 0.717) is 11.3 Å². The summed E-state index contributed by atoms with van der Waals surface area (Å²) in [5.74, 6) is -3.66. The number of amides is 1. The van der Waals surface area contributed by atoms with Crippen LogP contribution in [0, 0.1) is 17.2 Å². The highest BCUT2D eigenvalue weighted by atomic mass is 35.5. The maximum absolute atomic E-state index is 15.4. The molecule has 248 valence electrons. The molecule has 14 heteroatoms. The Balaban J connectivity index is 1.90. The molecule has 0 saturated carbocycles. The van der Waals surface area contributed by atoms with Gasteiger partial charge in [0.05, 0.1) is 44.8 Å². The van der Waals surface area contributed by atoms with Gasteiger partial charge in [0, 0.05) is 30.6 Å². The summed E-state index contributed by atoms with van der Waals surface area (Å²) in [4.78, 5) is 35.3. The smallest absolute Gasteiger partial charge is 0.276 e. The molecule has 47 heavy (non-hydrogen) atoms. The number of alkyl halides is 1. The number of pyridine rings is 2. The van der Waals surface area contributed by atoms with Crippen molar-refractivity contribution >= 4 is 57.1 Å². The second-order valence-corrected chi connectivity index (χ2v) is 13.1. The van der Waals surface area contributed by atoms with E-state index in [1.165, 1.54) is 16.7 Å². The van der Waals surface area contributed by atoms with E-state index < -0.39 is 46.1 Å². The average Bonchev–Trinajstić information content (AvgIpc) is 3.02. The molecule has 0 spiro atoms. The van der Waals surface area contributed by atoms with Gasteiger partial charge in [-0.25, -0.2) is 18.2 Å². The molecule has 3 unspecified atom stereocenters. The van der Waals surface area contributed by atoms with Crippen molar-refractivity contribution in [2.75, 3.05) is 18.0 Å². The molecule has 0 radical (unpaired) electrons. The van der Waals surface area contributed by atoms with Crippen LogP contribution >= 0.6 is 23.2 Å². The number of rotatable bonds is 5. The Morgan fingerprint density at radius 2 is 1.89 bits per heavy atom. The zero-order chi connectivity index (χ0) is 34.6. The Morgan fingerprint density at radius 3 is 2.47 bits per heavy atom. The van der Waals surface area contributed by atoms with E-state index in [9.17, 15) is 23.6 Å². The van der Waals surface area contributed by atoms with E-state index in [2.05, 4.69) is 22.9 Å². The third kappa shape index (κ3) is 5.54. The third-order valence-electron chi connectivity index (χ3n) is 8.82. The number of nitrogens with zero attached hydrogens (tertiary/aromatic N) is 5. The molecular weight excluding hydrogens is 654 g/mol. The van der Waals surface area contributed by atoms with E-state index >= 15 is 4.39 Å². The topological polar surface area (TPSA) is 120 Å². The molecule has 5 atom stereocenters. The third-order valence-corrected chi connectivity index (χ3v) is 9.55. The fourth-order valence-electron chi connectivity index (χ4n) is 6.67. The highest BCUT2D eigenvalue weighted by molar-refractivity contribution is 6.37. The van der Waals surface area contributed by atoms with Crippen LogP contribution in [0.4, 0.5) is 18.9 Å². The summed E-state index contributed by atoms with van der Waals surface area (Å²) < 4.78 is 45.9. The van der Waals surface area contributed by atoms with E-state index in [1.54, 1.807) is 24.1 Å². The lowest BCUT2D eigenvalue weighted by atomic mass is 9.94. The molecule has 3 N–H and O–H groups in total. The normalized spacial score (nSPS) is 25.1. The Kier molecular flexibility index (Phi) is 9.38. The summed E-state index contributed by atoms with van der Waals surface area (Å²) in [6.45, 7) is 13.5. The minimum absolute atomic E-state index is 0.0217. The predicted molar refractivity (Wildman–Crippen MR) is 179 cm³/mol. The monoisotopic (exact) mass is 687 g/mol. The molecule has 2 aromatic rings. The summed E-state index contributed by atoms with van der Waals surface area (Å²) in [6, 6.07) is 0.662. The summed E-state index contributed by atoms with van der Waals surface area (Å²) in [7, 11) is 0. The average molecular weight is 689 g/mol. The quantitative estimate of drug-likeness (QED) is 0.388. The first-order valence-electron chi connectivity index (χ1n) is 15.0. The number of allylic oxidation sites excluding steroid dienone is 4. The van der Waals surface area contributed by atoms with Crippen molar-refractivity contribution in [3.63, 3.8) is 0 Å². The van der Waals surface area contributed by atoms with Crippen molar-refractivity contribution in [2.24, 2.45) is 11.7 Å². The summed E-state index contributed by atoms with van der Waals surface area (Å²) in [5.41, 5.74) is 5.28. The number of carbonyl (C=O) groups is 1. The number of fused-ring (bicyclic) bond motifs is 1. The van der Waals surface area contributed by atoms with Gasteiger partial charge in [-0.15, -0.1) is 0 Å². The first-order chi connectivity index (χ1) is 22.2. The number of dihydropyridines is 1. The number of hydrogen-bond acceptors (Lipinski definition) is 7. The first kappa shape index (κ1) is 34.3. The Bertz CT molecular complexity index is 1910. The van der Waals surface area contributed by atoms with Gasteiger partial charge in [-0.1, -0.05) is 43.6 Å². The van der Waals surface area contributed by atoms with Gasteiger partial charge in [0.2, 0.25) is 5.91 Å². The molecule has 1 aliphatic carbocycles. The number of piperazine rings is 1. The number of carbonyl (C=O) groups excluding carboxylic acids is 1. The molecule has 2 aromatic heterocycles. The molecular formula is C33H34Cl2F3N7O2. The number of halogens is 5. The standard InChI is InChI=1S/C33H34Cl2F3N7O2/c1-7-21(46)44-16(5)12-43(13-17(44)6)31-18-10-20(34)29(22-23(35)27(40)26(38)25(37)24(22)36)42-32(18)45(33(47)19(31)11-39)30-15(4)8-9-41-28(30)14(2)3/h7-10,14,16-17,26-28,41H,1,12-13,40H2,2-6H3/t16-,17+,26?,27?,28?. The molecule has 1 amide bonds. The Hall–Kier alpha value is -4.05. The van der Waals surface area contributed by atoms with Crippen molar-refractivity contribution in [3.8, 4) is 6.07 Å². The minimum atomic E-state index is -2.51. The van der Waals surface area contributed by atoms with E-state index in [1.807, 2.05) is 32.6 Å². The van der Waals surface area contributed by atoms with Gasteiger partial charge in [-0.2, -0.15) is 5.26 Å². The lowest BCUT2D eigenvalue weighted by Crippen LogP contribution is -2.58. The van der Waals surface area contributed by atoms with Crippen LogP contribution in [0.25, 0.3) is 22.3 Å². The number of nitrogens with two attached hydrogens (primary N) is 1. The van der Waals surface area contributed by atoms with Crippen LogP contribution in [0.15, 0.2) is 58.1 Å². The molecule has 0 aromatic carbocycles. The zero-order valence-electron chi connectivity index (χ0n) is 26.4. The highest BCUT2D eigenvalue weighted by Gasteiger charge is 2.40. The van der Waals surface area contributed by atoms with Crippen molar-refractivity contribution in [1.82, 2.24) is 19.8 Å².